The van der Waals surface area contributed by atoms with Gasteiger partial charge in [0.1, 0.15) is 0 Å². The van der Waals surface area contributed by atoms with Gasteiger partial charge in [0.15, 0.2) is 0 Å². The minimum Gasteiger partial charge on any atom is -1.00 e. The normalized spacial score (nSPS) is 14.2. The van der Waals surface area contributed by atoms with Crippen molar-refractivity contribution in [3.05, 3.63) is 112 Å². The molecule has 61 heavy (non-hydrogen) atoms. The summed E-state index contributed by atoms with van der Waals surface area (Å²) in [4.78, 5) is 0. The summed E-state index contributed by atoms with van der Waals surface area (Å²) in [6, 6.07) is 18.1. The molecule has 348 valence electrons. The summed E-state index contributed by atoms with van der Waals surface area (Å²) in [6.07, 6.45) is 47.3. The van der Waals surface area contributed by atoms with Crippen LogP contribution in [0.1, 0.15) is 246 Å². The van der Waals surface area contributed by atoms with Crippen molar-refractivity contribution in [2.75, 3.05) is 0 Å². The van der Waals surface area contributed by atoms with E-state index in [2.05, 4.69) is 114 Å². The van der Waals surface area contributed by atoms with Gasteiger partial charge in [0.25, 0.3) is 0 Å². The molecule has 2 nitrogen and oxygen atoms in total. The van der Waals surface area contributed by atoms with Crippen LogP contribution in [0.4, 0.5) is 0 Å². The minimum absolute atomic E-state index is 0. The Morgan fingerprint density at radius 2 is 0.869 bits per heavy atom. The number of allylic oxidation sites excluding steroid dienone is 6. The first-order valence-corrected chi connectivity index (χ1v) is 26.0. The minimum atomic E-state index is 0. The van der Waals surface area contributed by atoms with E-state index in [9.17, 15) is 5.53 Å². The molecular formula is C58H94N2Ni-2. The van der Waals surface area contributed by atoms with E-state index in [4.69, 9.17) is 0 Å². The van der Waals surface area contributed by atoms with Crippen molar-refractivity contribution in [1.82, 2.24) is 0 Å². The predicted molar refractivity (Wildman–Crippen MR) is 269 cm³/mol. The van der Waals surface area contributed by atoms with Gasteiger partial charge in [-0.25, -0.2) is 4.70 Å². The molecule has 0 amide bonds. The van der Waals surface area contributed by atoms with Crippen LogP contribution in [-0.2, 0) is 29.3 Å². The van der Waals surface area contributed by atoms with Crippen LogP contribution in [0.2, 0.25) is 0 Å². The molecule has 0 saturated carbocycles. The fraction of sp³-hybridized carbons (Fsp3) is 0.655. The Labute approximate surface area is 391 Å². The molecule has 2 unspecified atom stereocenters. The molecule has 0 spiro atoms. The molecular weight excluding hydrogens is 783 g/mol. The van der Waals surface area contributed by atoms with E-state index in [-0.39, 0.29) is 19.3 Å². The van der Waals surface area contributed by atoms with Crippen molar-refractivity contribution >= 4 is 11.4 Å². The fourth-order valence-corrected chi connectivity index (χ4v) is 9.53. The molecule has 1 aliphatic heterocycles. The zero-order valence-electron chi connectivity index (χ0n) is 42.5. The van der Waals surface area contributed by atoms with Crippen LogP contribution >= 0.6 is 0 Å². The van der Waals surface area contributed by atoms with E-state index >= 15 is 0 Å². The Hall–Kier alpha value is -2.51. The van der Waals surface area contributed by atoms with Crippen LogP contribution in [0.15, 0.2) is 84.0 Å². The van der Waals surface area contributed by atoms with E-state index in [1.165, 1.54) is 194 Å². The van der Waals surface area contributed by atoms with Crippen molar-refractivity contribution < 1.29 is 24.0 Å². The summed E-state index contributed by atoms with van der Waals surface area (Å²) in [5.74, 6) is 1.40. The topological polar surface area (TPSA) is 25.3 Å². The van der Waals surface area contributed by atoms with E-state index in [0.717, 1.165) is 43.5 Å². The quantitative estimate of drug-likeness (QED) is 0.0282. The maximum atomic E-state index is 12.6. The molecule has 2 atom stereocenters. The van der Waals surface area contributed by atoms with Gasteiger partial charge in [0.05, 0.1) is 0 Å². The maximum absolute atomic E-state index is 12.6. The summed E-state index contributed by atoms with van der Waals surface area (Å²) in [7, 11) is 0. The maximum Gasteiger partial charge on any atom is 0.211 e. The van der Waals surface area contributed by atoms with Crippen molar-refractivity contribution in [1.29, 1.82) is 0 Å². The van der Waals surface area contributed by atoms with E-state index in [0.29, 0.717) is 11.8 Å². The third-order valence-corrected chi connectivity index (χ3v) is 13.3. The third kappa shape index (κ3) is 20.3. The van der Waals surface area contributed by atoms with Gasteiger partial charge in [-0.15, -0.1) is 0 Å². The molecule has 0 fully saturated rings. The number of unbranched alkanes of at least 4 members (excludes halogenated alkanes) is 15. The van der Waals surface area contributed by atoms with Crippen LogP contribution in [0, 0.1) is 11.8 Å². The Kier molecular flexibility index (Phi) is 31.3. The van der Waals surface area contributed by atoms with Crippen LogP contribution in [0.25, 0.3) is 16.9 Å². The monoisotopic (exact) mass is 877 g/mol. The average Bonchev–Trinajstić information content (AvgIpc) is 3.55. The number of nitrogens with zero attached hydrogens (tertiary/aromatic N) is 2. The number of rotatable bonds is 36. The second-order valence-electron chi connectivity index (χ2n) is 18.4. The van der Waals surface area contributed by atoms with Crippen LogP contribution in [0.5, 0.6) is 0 Å². The average molecular weight is 878 g/mol. The summed E-state index contributed by atoms with van der Waals surface area (Å²) in [6.45, 7) is 13.9. The smallest absolute Gasteiger partial charge is 0.211 e. The molecule has 2 aromatic rings. The van der Waals surface area contributed by atoms with Gasteiger partial charge in [-0.3, -0.25) is 0 Å². The van der Waals surface area contributed by atoms with Gasteiger partial charge >= 0.3 is 0 Å². The van der Waals surface area contributed by atoms with Crippen LogP contribution in [0.3, 0.4) is 0 Å². The largest absolute Gasteiger partial charge is 1.00 e. The van der Waals surface area contributed by atoms with Gasteiger partial charge in [-0.05, 0) is 119 Å². The molecule has 3 rings (SSSR count). The van der Waals surface area contributed by atoms with Crippen molar-refractivity contribution in [3.63, 3.8) is 0 Å². The third-order valence-electron chi connectivity index (χ3n) is 13.3. The van der Waals surface area contributed by atoms with E-state index in [1.807, 2.05) is 0 Å². The first kappa shape index (κ1) is 54.6. The van der Waals surface area contributed by atoms with Crippen molar-refractivity contribution in [2.45, 2.75) is 234 Å². The Bertz CT molecular complexity index is 1590. The predicted octanol–water partition coefficient (Wildman–Crippen LogP) is 19.6. The van der Waals surface area contributed by atoms with Crippen molar-refractivity contribution in [2.24, 2.45) is 11.8 Å². The van der Waals surface area contributed by atoms with E-state index in [1.54, 1.807) is 4.70 Å². The molecule has 0 bridgehead atoms. The number of hydrogen-bond donors (Lipinski definition) is 0. The van der Waals surface area contributed by atoms with Gasteiger partial charge in [-0.2, -0.15) is 0 Å². The molecule has 0 radical (unpaired) electrons. The van der Waals surface area contributed by atoms with Gasteiger partial charge in [0, 0.05) is 38.8 Å². The Morgan fingerprint density at radius 1 is 0.459 bits per heavy atom. The number of benzene rings is 2. The first-order chi connectivity index (χ1) is 29.5. The second-order valence-corrected chi connectivity index (χ2v) is 18.4. The second kappa shape index (κ2) is 34.9. The van der Waals surface area contributed by atoms with Gasteiger partial charge in [-0.1, -0.05) is 211 Å². The van der Waals surface area contributed by atoms with Crippen LogP contribution in [-0.4, -0.2) is 4.70 Å². The zero-order valence-corrected chi connectivity index (χ0v) is 41.5. The number of hydrogen-bond acceptors (Lipinski definition) is 0. The molecule has 0 saturated heterocycles. The van der Waals surface area contributed by atoms with Gasteiger partial charge in [0.2, 0.25) is 11.4 Å². The summed E-state index contributed by atoms with van der Waals surface area (Å²) >= 11 is 0. The first-order valence-electron chi connectivity index (χ1n) is 26.0. The molecule has 2 aromatic carbocycles. The summed E-state index contributed by atoms with van der Waals surface area (Å²) in [5, 5.41) is 0. The standard InChI is InChI=1S/C58H92N2.Ni.2H/c1-7-13-18-21-23-25-27-29-38-49(36-16-10-4)45-47-51-40-32-34-42-54(51)57-53(12-6)56(44-31-20-15-9-3)58(60(57)59)55-43-35-33-41-52(55)48-46-50(37-17-11-5)39-30-28-26-24-22-19-14-8-2;;;/h27-30,32-35,40-43,49-50H,7-26,31,36-39,44-48H2,1-6H3;;;/q;;2*-1. The van der Waals surface area contributed by atoms with Crippen molar-refractivity contribution in [3.8, 4) is 0 Å². The summed E-state index contributed by atoms with van der Waals surface area (Å²) in [5.41, 5.74) is 22.7. The molecule has 3 heteroatoms. The molecule has 0 aromatic heterocycles. The Balaban J connectivity index is 0.0000128. The molecule has 1 aliphatic rings. The van der Waals surface area contributed by atoms with Crippen LogP contribution < -0.4 is 0 Å². The molecule has 1 heterocycles. The SMILES string of the molecule is CCCCCCCC=CCC(CCCC)CCc1ccccc1C1=C(CC)C(CCCCCC)=C(c2ccccc2CCC(CC=CCCCCCCC)CCCC)[N+]1=[N-].[H-].[H-].[Ni]. The molecule has 0 N–H and O–H groups in total. The van der Waals surface area contributed by atoms with Gasteiger partial charge < -0.3 is 8.38 Å². The summed E-state index contributed by atoms with van der Waals surface area (Å²) < 4.78 is 1.65. The number of aryl methyl sites for hydroxylation is 2. The Morgan fingerprint density at radius 3 is 1.31 bits per heavy atom. The fourth-order valence-electron chi connectivity index (χ4n) is 9.53. The zero-order chi connectivity index (χ0) is 43.0. The van der Waals surface area contributed by atoms with E-state index < -0.39 is 0 Å². The molecule has 0 aliphatic carbocycles.